The molecule has 0 aliphatic heterocycles. The molecule has 1 aromatic rings. The van der Waals surface area contributed by atoms with Crippen LogP contribution in [-0.2, 0) is 5.54 Å². The smallest absolute Gasteiger partial charge is 0.404 e. The lowest BCUT2D eigenvalue weighted by atomic mass is 9.81. The maximum atomic E-state index is 10.5. The Morgan fingerprint density at radius 1 is 1.33 bits per heavy atom. The lowest BCUT2D eigenvalue weighted by molar-refractivity contribution is -0.402. The molecule has 5 heteroatoms. The summed E-state index contributed by atoms with van der Waals surface area (Å²) < 4.78 is 5.16. The van der Waals surface area contributed by atoms with E-state index in [1.165, 1.54) is 12.5 Å². The molecule has 1 heterocycles. The Balaban J connectivity index is 2.23. The van der Waals surface area contributed by atoms with Crippen LogP contribution in [-0.4, -0.2) is 4.92 Å². The van der Waals surface area contributed by atoms with Crippen molar-refractivity contribution in [3.63, 3.8) is 0 Å². The minimum atomic E-state index is -0.532. The highest BCUT2D eigenvalue weighted by molar-refractivity contribution is 5.23. The van der Waals surface area contributed by atoms with Gasteiger partial charge in [-0.3, -0.25) is 10.1 Å². The molecule has 0 unspecified atom stereocenters. The molecule has 0 saturated heterocycles. The average molecular weight is 210 g/mol. The predicted molar refractivity (Wildman–Crippen MR) is 54.3 cm³/mol. The first kappa shape index (κ1) is 10.2. The standard InChI is InChI=1S/C10H14N2O3/c11-10(6-2-1-3-7-10)8-4-5-9(15-8)12(13)14/h4-5H,1-3,6-7,11H2. The number of furan rings is 1. The lowest BCUT2D eigenvalue weighted by Gasteiger charge is -2.30. The second kappa shape index (κ2) is 3.66. The Bertz CT molecular complexity index is 366. The fourth-order valence-corrected chi connectivity index (χ4v) is 2.12. The number of hydrogen-bond acceptors (Lipinski definition) is 4. The average Bonchev–Trinajstić information content (AvgIpc) is 2.68. The van der Waals surface area contributed by atoms with E-state index >= 15 is 0 Å². The Morgan fingerprint density at radius 3 is 2.53 bits per heavy atom. The van der Waals surface area contributed by atoms with Gasteiger partial charge in [0.05, 0.1) is 11.6 Å². The third-order valence-electron chi connectivity index (χ3n) is 3.01. The first-order chi connectivity index (χ1) is 7.12. The van der Waals surface area contributed by atoms with Crippen LogP contribution in [0, 0.1) is 10.1 Å². The summed E-state index contributed by atoms with van der Waals surface area (Å²) in [6.45, 7) is 0. The maximum absolute atomic E-state index is 10.5. The van der Waals surface area contributed by atoms with Crippen LogP contribution in [0.4, 0.5) is 5.88 Å². The zero-order chi connectivity index (χ0) is 10.9. The molecule has 1 aromatic heterocycles. The zero-order valence-corrected chi connectivity index (χ0v) is 8.44. The van der Waals surface area contributed by atoms with Crippen molar-refractivity contribution in [3.8, 4) is 0 Å². The van der Waals surface area contributed by atoms with Crippen LogP contribution in [0.3, 0.4) is 0 Å². The van der Waals surface area contributed by atoms with Gasteiger partial charge in [0.25, 0.3) is 0 Å². The van der Waals surface area contributed by atoms with E-state index in [2.05, 4.69) is 0 Å². The summed E-state index contributed by atoms with van der Waals surface area (Å²) in [5, 5.41) is 10.5. The van der Waals surface area contributed by atoms with Crippen molar-refractivity contribution in [2.24, 2.45) is 5.73 Å². The summed E-state index contributed by atoms with van der Waals surface area (Å²) >= 11 is 0. The molecule has 2 N–H and O–H groups in total. The van der Waals surface area contributed by atoms with Crippen molar-refractivity contribution in [1.29, 1.82) is 0 Å². The van der Waals surface area contributed by atoms with E-state index in [0.717, 1.165) is 25.7 Å². The SMILES string of the molecule is NC1(c2ccc([N+](=O)[O-])o2)CCCCC1. The van der Waals surface area contributed by atoms with Crippen LogP contribution < -0.4 is 5.73 Å². The van der Waals surface area contributed by atoms with Gasteiger partial charge in [-0.05, 0) is 18.9 Å². The Kier molecular flexibility index (Phi) is 2.48. The van der Waals surface area contributed by atoms with E-state index in [9.17, 15) is 10.1 Å². The van der Waals surface area contributed by atoms with Crippen LogP contribution in [0.15, 0.2) is 16.5 Å². The lowest BCUT2D eigenvalue weighted by Crippen LogP contribution is -2.38. The number of nitrogens with two attached hydrogens (primary N) is 1. The monoisotopic (exact) mass is 210 g/mol. The van der Waals surface area contributed by atoms with E-state index in [0.29, 0.717) is 5.76 Å². The summed E-state index contributed by atoms with van der Waals surface area (Å²) in [5.74, 6) is 0.328. The third-order valence-corrected chi connectivity index (χ3v) is 3.01. The Labute approximate surface area is 87.4 Å². The van der Waals surface area contributed by atoms with Crippen molar-refractivity contribution in [2.45, 2.75) is 37.6 Å². The summed E-state index contributed by atoms with van der Waals surface area (Å²) in [7, 11) is 0. The summed E-state index contributed by atoms with van der Waals surface area (Å²) in [6.07, 6.45) is 4.99. The molecule has 0 atom stereocenters. The second-order valence-corrected chi connectivity index (χ2v) is 4.11. The minimum absolute atomic E-state index is 0.222. The van der Waals surface area contributed by atoms with Crippen LogP contribution in [0.1, 0.15) is 37.9 Å². The highest BCUT2D eigenvalue weighted by atomic mass is 16.6. The predicted octanol–water partition coefficient (Wildman–Crippen LogP) is 2.31. The van der Waals surface area contributed by atoms with Crippen molar-refractivity contribution in [2.75, 3.05) is 0 Å². The van der Waals surface area contributed by atoms with Crippen molar-refractivity contribution in [1.82, 2.24) is 0 Å². The summed E-state index contributed by atoms with van der Waals surface area (Å²) in [5.41, 5.74) is 5.68. The fraction of sp³-hybridized carbons (Fsp3) is 0.600. The minimum Gasteiger partial charge on any atom is -0.404 e. The van der Waals surface area contributed by atoms with Gasteiger partial charge in [0, 0.05) is 0 Å². The van der Waals surface area contributed by atoms with Crippen molar-refractivity contribution < 1.29 is 9.34 Å². The summed E-state index contributed by atoms with van der Waals surface area (Å²) in [6, 6.07) is 3.00. The molecule has 0 bridgehead atoms. The van der Waals surface area contributed by atoms with Crippen LogP contribution >= 0.6 is 0 Å². The molecule has 0 aromatic carbocycles. The first-order valence-corrected chi connectivity index (χ1v) is 5.15. The molecule has 0 spiro atoms. The van der Waals surface area contributed by atoms with Crippen molar-refractivity contribution in [3.05, 3.63) is 28.0 Å². The van der Waals surface area contributed by atoms with E-state index in [1.807, 2.05) is 0 Å². The maximum Gasteiger partial charge on any atom is 0.433 e. The molecule has 0 amide bonds. The van der Waals surface area contributed by atoms with Gasteiger partial charge in [0.1, 0.15) is 10.7 Å². The second-order valence-electron chi connectivity index (χ2n) is 4.11. The zero-order valence-electron chi connectivity index (χ0n) is 8.44. The molecule has 5 nitrogen and oxygen atoms in total. The third kappa shape index (κ3) is 1.87. The first-order valence-electron chi connectivity index (χ1n) is 5.15. The molecule has 1 aliphatic rings. The Hall–Kier alpha value is -1.36. The normalized spacial score (nSPS) is 20.1. The highest BCUT2D eigenvalue weighted by Gasteiger charge is 2.33. The van der Waals surface area contributed by atoms with Crippen LogP contribution in [0.25, 0.3) is 0 Å². The van der Waals surface area contributed by atoms with Gasteiger partial charge in [-0.2, -0.15) is 0 Å². The van der Waals surface area contributed by atoms with E-state index in [4.69, 9.17) is 10.2 Å². The van der Waals surface area contributed by atoms with Crippen molar-refractivity contribution >= 4 is 5.88 Å². The van der Waals surface area contributed by atoms with Crippen LogP contribution in [0.5, 0.6) is 0 Å². The fourth-order valence-electron chi connectivity index (χ4n) is 2.12. The Morgan fingerprint density at radius 2 is 2.00 bits per heavy atom. The van der Waals surface area contributed by atoms with E-state index < -0.39 is 10.5 Å². The highest BCUT2D eigenvalue weighted by Crippen LogP contribution is 2.36. The number of rotatable bonds is 2. The van der Waals surface area contributed by atoms with E-state index in [-0.39, 0.29) is 5.88 Å². The molecular formula is C10H14N2O3. The molecule has 15 heavy (non-hydrogen) atoms. The molecular weight excluding hydrogens is 196 g/mol. The van der Waals surface area contributed by atoms with Gasteiger partial charge in [0.2, 0.25) is 0 Å². The molecule has 1 saturated carbocycles. The number of hydrogen-bond donors (Lipinski definition) is 1. The quantitative estimate of drug-likeness (QED) is 0.599. The van der Waals surface area contributed by atoms with Gasteiger partial charge in [-0.1, -0.05) is 19.3 Å². The molecule has 0 radical (unpaired) electrons. The molecule has 1 aliphatic carbocycles. The molecule has 82 valence electrons. The molecule has 1 fully saturated rings. The van der Waals surface area contributed by atoms with Crippen LogP contribution in [0.2, 0.25) is 0 Å². The van der Waals surface area contributed by atoms with Gasteiger partial charge < -0.3 is 10.2 Å². The molecule has 2 rings (SSSR count). The number of nitrogens with zero attached hydrogens (tertiary/aromatic N) is 1. The topological polar surface area (TPSA) is 82.3 Å². The number of nitro groups is 1. The van der Waals surface area contributed by atoms with E-state index in [1.54, 1.807) is 6.07 Å². The van der Waals surface area contributed by atoms with Gasteiger partial charge in [0.15, 0.2) is 0 Å². The summed E-state index contributed by atoms with van der Waals surface area (Å²) in [4.78, 5) is 9.94. The van der Waals surface area contributed by atoms with Gasteiger partial charge >= 0.3 is 5.88 Å². The van der Waals surface area contributed by atoms with Gasteiger partial charge in [-0.15, -0.1) is 0 Å². The largest absolute Gasteiger partial charge is 0.433 e. The van der Waals surface area contributed by atoms with Gasteiger partial charge in [-0.25, -0.2) is 0 Å².